The summed E-state index contributed by atoms with van der Waals surface area (Å²) in [4.78, 5) is 12.6. The largest absolute Gasteiger partial charge is 0.312 e. The van der Waals surface area contributed by atoms with E-state index in [1.807, 2.05) is 30.0 Å². The van der Waals surface area contributed by atoms with Crippen molar-refractivity contribution < 1.29 is 0 Å². The van der Waals surface area contributed by atoms with Crippen LogP contribution in [0.4, 0.5) is 0 Å². The van der Waals surface area contributed by atoms with E-state index in [0.29, 0.717) is 5.52 Å². The number of hydrogen-bond acceptors (Lipinski definition) is 2. The van der Waals surface area contributed by atoms with Crippen molar-refractivity contribution in [1.82, 2.24) is 14.2 Å². The van der Waals surface area contributed by atoms with Crippen LogP contribution in [0.5, 0.6) is 0 Å². The third-order valence-electron chi connectivity index (χ3n) is 4.43. The standard InChI is InChI=1S/C15H20BrN3O/c1-12-9-13-14(20)18(7-8-19(13)17-12)11-15(10-16)5-3-2-4-6-15/h7-9H,2-6,10-11H2,1H3. The van der Waals surface area contributed by atoms with Crippen LogP contribution < -0.4 is 5.56 Å². The van der Waals surface area contributed by atoms with Gasteiger partial charge < -0.3 is 4.57 Å². The van der Waals surface area contributed by atoms with Crippen LogP contribution in [0.2, 0.25) is 0 Å². The summed E-state index contributed by atoms with van der Waals surface area (Å²) in [7, 11) is 0. The number of nitrogens with zero attached hydrogens (tertiary/aromatic N) is 3. The first-order valence-corrected chi connectivity index (χ1v) is 8.37. The van der Waals surface area contributed by atoms with Gasteiger partial charge in [0.25, 0.3) is 5.56 Å². The Labute approximate surface area is 126 Å². The topological polar surface area (TPSA) is 39.3 Å². The van der Waals surface area contributed by atoms with Gasteiger partial charge in [0, 0.05) is 24.3 Å². The molecule has 5 heteroatoms. The second-order valence-corrected chi connectivity index (χ2v) is 6.60. The first-order valence-electron chi connectivity index (χ1n) is 7.25. The minimum atomic E-state index is 0.0685. The molecule has 1 saturated carbocycles. The number of alkyl halides is 1. The summed E-state index contributed by atoms with van der Waals surface area (Å²) in [5.74, 6) is 0. The molecule has 0 saturated heterocycles. The van der Waals surface area contributed by atoms with Gasteiger partial charge in [-0.3, -0.25) is 4.79 Å². The maximum absolute atomic E-state index is 12.6. The van der Waals surface area contributed by atoms with E-state index in [4.69, 9.17) is 0 Å². The van der Waals surface area contributed by atoms with Gasteiger partial charge in [-0.05, 0) is 31.2 Å². The Bertz CT molecular complexity index is 667. The SMILES string of the molecule is Cc1cc2c(=O)n(CC3(CBr)CCCCC3)ccn2n1. The average Bonchev–Trinajstić information content (AvgIpc) is 2.85. The van der Waals surface area contributed by atoms with E-state index in [2.05, 4.69) is 21.0 Å². The Kier molecular flexibility index (Phi) is 3.71. The Hall–Kier alpha value is -1.10. The van der Waals surface area contributed by atoms with Crippen LogP contribution in [0.1, 0.15) is 37.8 Å². The van der Waals surface area contributed by atoms with Gasteiger partial charge in [-0.1, -0.05) is 35.2 Å². The molecule has 2 heterocycles. The van der Waals surface area contributed by atoms with Gasteiger partial charge in [-0.15, -0.1) is 0 Å². The van der Waals surface area contributed by atoms with Crippen molar-refractivity contribution in [3.63, 3.8) is 0 Å². The highest BCUT2D eigenvalue weighted by atomic mass is 79.9. The van der Waals surface area contributed by atoms with Gasteiger partial charge >= 0.3 is 0 Å². The van der Waals surface area contributed by atoms with E-state index in [0.717, 1.165) is 17.6 Å². The van der Waals surface area contributed by atoms with Crippen LogP contribution in [-0.2, 0) is 6.54 Å². The van der Waals surface area contributed by atoms with Crippen LogP contribution in [0, 0.1) is 12.3 Å². The molecule has 0 bridgehead atoms. The van der Waals surface area contributed by atoms with Crippen molar-refractivity contribution in [2.75, 3.05) is 5.33 Å². The summed E-state index contributed by atoms with van der Waals surface area (Å²) in [5.41, 5.74) is 1.85. The molecule has 0 aromatic carbocycles. The lowest BCUT2D eigenvalue weighted by Crippen LogP contribution is -2.35. The second kappa shape index (κ2) is 5.35. The van der Waals surface area contributed by atoms with Gasteiger partial charge in [0.1, 0.15) is 5.52 Å². The molecular formula is C15H20BrN3O. The summed E-state index contributed by atoms with van der Waals surface area (Å²) in [6.45, 7) is 2.72. The van der Waals surface area contributed by atoms with E-state index < -0.39 is 0 Å². The quantitative estimate of drug-likeness (QED) is 0.807. The number of fused-ring (bicyclic) bond motifs is 1. The molecule has 20 heavy (non-hydrogen) atoms. The van der Waals surface area contributed by atoms with Gasteiger partial charge in [-0.25, -0.2) is 4.52 Å². The maximum atomic E-state index is 12.6. The summed E-state index contributed by atoms with van der Waals surface area (Å²) >= 11 is 3.67. The minimum Gasteiger partial charge on any atom is -0.312 e. The van der Waals surface area contributed by atoms with Crippen LogP contribution in [0.25, 0.3) is 5.52 Å². The predicted molar refractivity (Wildman–Crippen MR) is 83.5 cm³/mol. The van der Waals surface area contributed by atoms with E-state index in [1.165, 1.54) is 32.1 Å². The molecule has 0 N–H and O–H groups in total. The highest BCUT2D eigenvalue weighted by Gasteiger charge is 2.31. The molecule has 2 aromatic rings. The van der Waals surface area contributed by atoms with Gasteiger partial charge in [0.15, 0.2) is 0 Å². The molecular weight excluding hydrogens is 318 g/mol. The van der Waals surface area contributed by atoms with Gasteiger partial charge in [0.05, 0.1) is 5.69 Å². The molecule has 0 aliphatic heterocycles. The number of hydrogen-bond donors (Lipinski definition) is 0. The fraction of sp³-hybridized carbons (Fsp3) is 0.600. The molecule has 1 fully saturated rings. The van der Waals surface area contributed by atoms with Gasteiger partial charge in [0.2, 0.25) is 0 Å². The van der Waals surface area contributed by atoms with Crippen molar-refractivity contribution in [1.29, 1.82) is 0 Å². The zero-order valence-corrected chi connectivity index (χ0v) is 13.4. The Balaban J connectivity index is 1.97. The van der Waals surface area contributed by atoms with Gasteiger partial charge in [-0.2, -0.15) is 5.10 Å². The molecule has 0 amide bonds. The van der Waals surface area contributed by atoms with E-state index in [9.17, 15) is 4.79 Å². The van der Waals surface area contributed by atoms with Crippen LogP contribution in [0.15, 0.2) is 23.3 Å². The molecule has 0 spiro atoms. The molecule has 0 atom stereocenters. The highest BCUT2D eigenvalue weighted by Crippen LogP contribution is 2.39. The fourth-order valence-electron chi connectivity index (χ4n) is 3.27. The minimum absolute atomic E-state index is 0.0685. The summed E-state index contributed by atoms with van der Waals surface area (Å²) < 4.78 is 3.54. The zero-order chi connectivity index (χ0) is 14.2. The van der Waals surface area contributed by atoms with Crippen molar-refractivity contribution in [3.8, 4) is 0 Å². The molecule has 1 aliphatic rings. The summed E-state index contributed by atoms with van der Waals surface area (Å²) in [6.07, 6.45) is 10.0. The van der Waals surface area contributed by atoms with Crippen LogP contribution in [-0.4, -0.2) is 19.5 Å². The first-order chi connectivity index (χ1) is 9.63. The third-order valence-corrected chi connectivity index (χ3v) is 5.62. The fourth-order valence-corrected chi connectivity index (χ4v) is 4.01. The molecule has 0 unspecified atom stereocenters. The lowest BCUT2D eigenvalue weighted by atomic mass is 9.75. The Morgan fingerprint density at radius 2 is 2.05 bits per heavy atom. The van der Waals surface area contributed by atoms with E-state index in [1.54, 1.807) is 4.52 Å². The Morgan fingerprint density at radius 1 is 1.30 bits per heavy atom. The highest BCUT2D eigenvalue weighted by molar-refractivity contribution is 9.09. The number of aromatic nitrogens is 3. The average molecular weight is 338 g/mol. The summed E-state index contributed by atoms with van der Waals surface area (Å²) in [6, 6.07) is 1.86. The summed E-state index contributed by atoms with van der Waals surface area (Å²) in [5, 5.41) is 5.26. The predicted octanol–water partition coefficient (Wildman–Crippen LogP) is 3.15. The monoisotopic (exact) mass is 337 g/mol. The van der Waals surface area contributed by atoms with Crippen LogP contribution in [0.3, 0.4) is 0 Å². The Morgan fingerprint density at radius 3 is 2.75 bits per heavy atom. The van der Waals surface area contributed by atoms with Crippen molar-refractivity contribution in [2.24, 2.45) is 5.41 Å². The normalized spacial score (nSPS) is 18.5. The number of rotatable bonds is 3. The molecule has 108 valence electrons. The molecule has 0 radical (unpaired) electrons. The van der Waals surface area contributed by atoms with Crippen molar-refractivity contribution in [2.45, 2.75) is 45.6 Å². The molecule has 4 nitrogen and oxygen atoms in total. The van der Waals surface area contributed by atoms with Crippen LogP contribution >= 0.6 is 15.9 Å². The smallest absolute Gasteiger partial charge is 0.276 e. The number of aryl methyl sites for hydroxylation is 1. The second-order valence-electron chi connectivity index (χ2n) is 6.04. The first kappa shape index (κ1) is 13.9. The zero-order valence-electron chi connectivity index (χ0n) is 11.8. The molecule has 2 aromatic heterocycles. The molecule has 1 aliphatic carbocycles. The van der Waals surface area contributed by atoms with E-state index >= 15 is 0 Å². The third kappa shape index (κ3) is 2.43. The number of halogens is 1. The van der Waals surface area contributed by atoms with Crippen molar-refractivity contribution >= 4 is 21.4 Å². The molecule has 3 rings (SSSR count). The maximum Gasteiger partial charge on any atom is 0.276 e. The lowest BCUT2D eigenvalue weighted by Gasteiger charge is -2.36. The lowest BCUT2D eigenvalue weighted by molar-refractivity contribution is 0.189. The van der Waals surface area contributed by atoms with Crippen molar-refractivity contribution in [3.05, 3.63) is 34.5 Å². The van der Waals surface area contributed by atoms with E-state index in [-0.39, 0.29) is 11.0 Å².